The molecule has 0 atom stereocenters. The number of nitrogens with zero attached hydrogens (tertiary/aromatic N) is 3. The van der Waals surface area contributed by atoms with Gasteiger partial charge in [-0.15, -0.1) is 0 Å². The Kier molecular flexibility index (Phi) is 3.90. The highest BCUT2D eigenvalue weighted by Crippen LogP contribution is 2.18. The van der Waals surface area contributed by atoms with Crippen molar-refractivity contribution in [2.45, 2.75) is 6.42 Å². The summed E-state index contributed by atoms with van der Waals surface area (Å²) in [6.07, 6.45) is 5.76. The summed E-state index contributed by atoms with van der Waals surface area (Å²) in [5.41, 5.74) is 1.44. The summed E-state index contributed by atoms with van der Waals surface area (Å²) >= 11 is 0. The molecule has 0 radical (unpaired) electrons. The number of benzene rings is 1. The van der Waals surface area contributed by atoms with E-state index in [1.807, 2.05) is 0 Å². The van der Waals surface area contributed by atoms with E-state index in [1.165, 1.54) is 23.2 Å². The van der Waals surface area contributed by atoms with Gasteiger partial charge in [-0.2, -0.15) is 0 Å². The molecule has 7 heteroatoms. The Morgan fingerprint density at radius 1 is 1.45 bits per heavy atom. The van der Waals surface area contributed by atoms with Crippen LogP contribution in [0.2, 0.25) is 0 Å². The number of carboxylic acids is 1. The van der Waals surface area contributed by atoms with E-state index in [0.717, 1.165) is 5.56 Å². The van der Waals surface area contributed by atoms with Crippen molar-refractivity contribution in [2.24, 2.45) is 0 Å². The lowest BCUT2D eigenvalue weighted by molar-refractivity contribution is -0.389. The number of hydrogen-bond acceptors (Lipinski definition) is 4. The standard InChI is InChI=1S/C13H11N3O4/c17-13(18)7-3-5-10-4-1-2-6-11(10)15-8-12(14-9-15)16(19)20/h1-6,8-9H,7H2,(H,17,18). The maximum atomic E-state index is 10.6. The molecule has 7 nitrogen and oxygen atoms in total. The average molecular weight is 273 g/mol. The molecule has 0 saturated carbocycles. The molecule has 0 unspecified atom stereocenters. The largest absolute Gasteiger partial charge is 0.481 e. The molecule has 20 heavy (non-hydrogen) atoms. The normalized spacial score (nSPS) is 10.8. The van der Waals surface area contributed by atoms with Crippen LogP contribution in [0.1, 0.15) is 12.0 Å². The van der Waals surface area contributed by atoms with E-state index in [4.69, 9.17) is 5.11 Å². The number of nitro groups is 1. The Hall–Kier alpha value is -2.96. The van der Waals surface area contributed by atoms with E-state index in [0.29, 0.717) is 5.69 Å². The Bertz CT molecular complexity index is 676. The molecule has 1 N–H and O–H groups in total. The Morgan fingerprint density at radius 2 is 2.20 bits per heavy atom. The van der Waals surface area contributed by atoms with E-state index in [1.54, 1.807) is 30.3 Å². The highest BCUT2D eigenvalue weighted by atomic mass is 16.6. The molecule has 0 aliphatic carbocycles. The molecule has 2 aromatic rings. The van der Waals surface area contributed by atoms with Crippen LogP contribution in [0.3, 0.4) is 0 Å². The van der Waals surface area contributed by atoms with Crippen molar-refractivity contribution in [3.8, 4) is 5.69 Å². The third kappa shape index (κ3) is 3.08. The van der Waals surface area contributed by atoms with Crippen molar-refractivity contribution in [1.82, 2.24) is 9.55 Å². The lowest BCUT2D eigenvalue weighted by Gasteiger charge is -2.04. The van der Waals surface area contributed by atoms with Gasteiger partial charge in [0.2, 0.25) is 6.33 Å². The number of carbonyl (C=O) groups is 1. The molecule has 0 fully saturated rings. The van der Waals surface area contributed by atoms with Crippen molar-refractivity contribution in [1.29, 1.82) is 0 Å². The number of aromatic nitrogens is 2. The maximum absolute atomic E-state index is 10.6. The van der Waals surface area contributed by atoms with Gasteiger partial charge < -0.3 is 15.2 Å². The molecule has 0 spiro atoms. The van der Waals surface area contributed by atoms with Crippen molar-refractivity contribution < 1.29 is 14.8 Å². The Balaban J connectivity index is 2.33. The van der Waals surface area contributed by atoms with Crippen molar-refractivity contribution in [2.75, 3.05) is 0 Å². The average Bonchev–Trinajstić information content (AvgIpc) is 2.88. The van der Waals surface area contributed by atoms with Crippen LogP contribution < -0.4 is 0 Å². The van der Waals surface area contributed by atoms with Gasteiger partial charge in [0.15, 0.2) is 0 Å². The minimum atomic E-state index is -0.919. The van der Waals surface area contributed by atoms with E-state index < -0.39 is 10.9 Å². The Morgan fingerprint density at radius 3 is 2.85 bits per heavy atom. The molecule has 102 valence electrons. The van der Waals surface area contributed by atoms with E-state index in [-0.39, 0.29) is 12.2 Å². The quantitative estimate of drug-likeness (QED) is 0.665. The van der Waals surface area contributed by atoms with Crippen molar-refractivity contribution >= 4 is 17.9 Å². The fourth-order valence-electron chi connectivity index (χ4n) is 1.69. The highest BCUT2D eigenvalue weighted by molar-refractivity contribution is 5.71. The third-order valence-corrected chi connectivity index (χ3v) is 2.56. The van der Waals surface area contributed by atoms with E-state index >= 15 is 0 Å². The van der Waals surface area contributed by atoms with Gasteiger partial charge >= 0.3 is 11.8 Å². The maximum Gasteiger partial charge on any atom is 0.381 e. The molecule has 0 amide bonds. The number of aliphatic carboxylic acids is 1. The zero-order valence-electron chi connectivity index (χ0n) is 10.3. The summed E-state index contributed by atoms with van der Waals surface area (Å²) in [7, 11) is 0. The molecule has 1 aromatic heterocycles. The summed E-state index contributed by atoms with van der Waals surface area (Å²) in [4.78, 5) is 24.2. The molecular weight excluding hydrogens is 262 g/mol. The molecule has 0 bridgehead atoms. The van der Waals surface area contributed by atoms with Crippen molar-refractivity contribution in [3.63, 3.8) is 0 Å². The topological polar surface area (TPSA) is 98.3 Å². The van der Waals surface area contributed by atoms with Crippen LogP contribution in [0.5, 0.6) is 0 Å². The molecule has 0 aliphatic rings. The van der Waals surface area contributed by atoms with Gasteiger partial charge in [-0.3, -0.25) is 9.36 Å². The highest BCUT2D eigenvalue weighted by Gasteiger charge is 2.12. The predicted octanol–water partition coefficient (Wildman–Crippen LogP) is 2.27. The first-order valence-electron chi connectivity index (χ1n) is 5.74. The summed E-state index contributed by atoms with van der Waals surface area (Å²) in [6.45, 7) is 0. The summed E-state index contributed by atoms with van der Waals surface area (Å²) < 4.78 is 1.53. The van der Waals surface area contributed by atoms with Crippen LogP contribution in [0.15, 0.2) is 42.9 Å². The van der Waals surface area contributed by atoms with Gasteiger partial charge in [0, 0.05) is 0 Å². The first-order valence-corrected chi connectivity index (χ1v) is 5.74. The second-order valence-electron chi connectivity index (χ2n) is 3.96. The van der Waals surface area contributed by atoms with Gasteiger partial charge in [0.25, 0.3) is 0 Å². The minimum Gasteiger partial charge on any atom is -0.481 e. The van der Waals surface area contributed by atoms with Gasteiger partial charge in [0.1, 0.15) is 6.20 Å². The van der Waals surface area contributed by atoms with Gasteiger partial charge in [-0.1, -0.05) is 30.4 Å². The van der Waals surface area contributed by atoms with Gasteiger partial charge in [-0.25, -0.2) is 0 Å². The first-order chi connectivity index (χ1) is 9.58. The minimum absolute atomic E-state index is 0.0849. The molecule has 1 aromatic carbocycles. The van der Waals surface area contributed by atoms with E-state index in [9.17, 15) is 14.9 Å². The summed E-state index contributed by atoms with van der Waals surface area (Å²) in [6, 6.07) is 7.15. The number of imidazole rings is 1. The monoisotopic (exact) mass is 273 g/mol. The lowest BCUT2D eigenvalue weighted by Crippen LogP contribution is -1.94. The molecule has 0 aliphatic heterocycles. The van der Waals surface area contributed by atoms with Crippen LogP contribution >= 0.6 is 0 Å². The third-order valence-electron chi connectivity index (χ3n) is 2.56. The molecule has 1 heterocycles. The fraction of sp³-hybridized carbons (Fsp3) is 0.0769. The number of rotatable bonds is 5. The second kappa shape index (κ2) is 5.79. The number of hydrogen-bond donors (Lipinski definition) is 1. The summed E-state index contributed by atoms with van der Waals surface area (Å²) in [5.74, 6) is -1.16. The summed E-state index contributed by atoms with van der Waals surface area (Å²) in [5, 5.41) is 19.2. The lowest BCUT2D eigenvalue weighted by atomic mass is 10.1. The van der Waals surface area contributed by atoms with Gasteiger partial charge in [-0.05, 0) is 21.5 Å². The number of para-hydroxylation sites is 1. The van der Waals surface area contributed by atoms with Crippen LogP contribution in [-0.2, 0) is 4.79 Å². The zero-order chi connectivity index (χ0) is 14.5. The second-order valence-corrected chi connectivity index (χ2v) is 3.96. The van der Waals surface area contributed by atoms with Gasteiger partial charge in [0.05, 0.1) is 12.1 Å². The van der Waals surface area contributed by atoms with Crippen LogP contribution in [0.25, 0.3) is 11.8 Å². The Labute approximate surface area is 114 Å². The zero-order valence-corrected chi connectivity index (χ0v) is 10.3. The first kappa shape index (κ1) is 13.5. The van der Waals surface area contributed by atoms with Crippen LogP contribution in [-0.4, -0.2) is 25.6 Å². The van der Waals surface area contributed by atoms with E-state index in [2.05, 4.69) is 4.98 Å². The molecule has 0 saturated heterocycles. The fourth-order valence-corrected chi connectivity index (χ4v) is 1.69. The SMILES string of the molecule is O=C(O)CC=Cc1ccccc1-n1cnc([N+](=O)[O-])c1. The van der Waals surface area contributed by atoms with Crippen LogP contribution in [0.4, 0.5) is 5.82 Å². The van der Waals surface area contributed by atoms with Crippen LogP contribution in [0, 0.1) is 10.1 Å². The molecule has 2 rings (SSSR count). The predicted molar refractivity (Wildman–Crippen MR) is 71.5 cm³/mol. The molecular formula is C13H11N3O4. The van der Waals surface area contributed by atoms with Crippen molar-refractivity contribution in [3.05, 3.63) is 58.5 Å². The number of carboxylic acid groups (broad SMARTS) is 1. The smallest absolute Gasteiger partial charge is 0.381 e.